The first-order valence-electron chi connectivity index (χ1n) is 8.27. The average Bonchev–Trinajstić information content (AvgIpc) is 3.08. The minimum atomic E-state index is -0.544. The Labute approximate surface area is 155 Å². The van der Waals surface area contributed by atoms with Crippen LogP contribution in [0.25, 0.3) is 0 Å². The van der Waals surface area contributed by atoms with Crippen molar-refractivity contribution in [3.05, 3.63) is 40.8 Å². The highest BCUT2D eigenvalue weighted by molar-refractivity contribution is 7.14. The Balaban J connectivity index is 1.49. The van der Waals surface area contributed by atoms with Gasteiger partial charge in [0.2, 0.25) is 5.91 Å². The minimum absolute atomic E-state index is 0.149. The van der Waals surface area contributed by atoms with Gasteiger partial charge in [-0.3, -0.25) is 9.59 Å². The van der Waals surface area contributed by atoms with Gasteiger partial charge in [-0.15, -0.1) is 11.3 Å². The molecule has 7 nitrogen and oxygen atoms in total. The SMILES string of the molecule is CN(CCC(=O)Nc1sccc1C(N)=O)Cc1ccc2c(c1)OCCO2. The first-order chi connectivity index (χ1) is 12.5. The lowest BCUT2D eigenvalue weighted by Gasteiger charge is -2.21. The molecule has 0 bridgehead atoms. The summed E-state index contributed by atoms with van der Waals surface area (Å²) in [5.41, 5.74) is 6.71. The van der Waals surface area contributed by atoms with Gasteiger partial charge in [0.1, 0.15) is 18.2 Å². The van der Waals surface area contributed by atoms with Crippen LogP contribution in [0, 0.1) is 0 Å². The molecule has 0 spiro atoms. The molecule has 2 amide bonds. The normalized spacial score (nSPS) is 12.8. The summed E-state index contributed by atoms with van der Waals surface area (Å²) < 4.78 is 11.1. The Morgan fingerprint density at radius 3 is 2.77 bits per heavy atom. The molecule has 1 aromatic carbocycles. The van der Waals surface area contributed by atoms with Crippen LogP contribution in [0.1, 0.15) is 22.3 Å². The minimum Gasteiger partial charge on any atom is -0.486 e. The third-order valence-corrected chi connectivity index (χ3v) is 4.79. The zero-order valence-electron chi connectivity index (χ0n) is 14.5. The molecule has 0 atom stereocenters. The molecule has 3 N–H and O–H groups in total. The number of anilines is 1. The summed E-state index contributed by atoms with van der Waals surface area (Å²) in [6.45, 7) is 2.40. The summed E-state index contributed by atoms with van der Waals surface area (Å²) in [6.07, 6.45) is 0.317. The Bertz CT molecular complexity index is 805. The van der Waals surface area contributed by atoms with E-state index in [-0.39, 0.29) is 5.91 Å². The van der Waals surface area contributed by atoms with E-state index in [0.29, 0.717) is 43.3 Å². The number of benzene rings is 1. The van der Waals surface area contributed by atoms with Gasteiger partial charge in [0.25, 0.3) is 5.91 Å². The number of primary amides is 1. The zero-order valence-corrected chi connectivity index (χ0v) is 15.3. The number of nitrogens with two attached hydrogens (primary N) is 1. The molecule has 0 fully saturated rings. The van der Waals surface area contributed by atoms with E-state index in [4.69, 9.17) is 15.2 Å². The summed E-state index contributed by atoms with van der Waals surface area (Å²) in [4.78, 5) is 25.4. The largest absolute Gasteiger partial charge is 0.486 e. The van der Waals surface area contributed by atoms with E-state index in [1.165, 1.54) is 11.3 Å². The van der Waals surface area contributed by atoms with Crippen molar-refractivity contribution >= 4 is 28.2 Å². The van der Waals surface area contributed by atoms with Crippen LogP contribution in [0.5, 0.6) is 11.5 Å². The van der Waals surface area contributed by atoms with E-state index < -0.39 is 5.91 Å². The number of ether oxygens (including phenoxy) is 2. The predicted molar refractivity (Wildman–Crippen MR) is 99.8 cm³/mol. The predicted octanol–water partition coefficient (Wildman–Crippen LogP) is 2.08. The van der Waals surface area contributed by atoms with Gasteiger partial charge in [-0.05, 0) is 36.2 Å². The van der Waals surface area contributed by atoms with Gasteiger partial charge < -0.3 is 25.4 Å². The fraction of sp³-hybridized carbons (Fsp3) is 0.333. The van der Waals surface area contributed by atoms with Gasteiger partial charge in [0.05, 0.1) is 5.56 Å². The third kappa shape index (κ3) is 4.53. The van der Waals surface area contributed by atoms with Crippen molar-refractivity contribution in [1.82, 2.24) is 4.90 Å². The Morgan fingerprint density at radius 2 is 2.00 bits per heavy atom. The van der Waals surface area contributed by atoms with E-state index >= 15 is 0 Å². The van der Waals surface area contributed by atoms with Crippen molar-refractivity contribution < 1.29 is 19.1 Å². The number of hydrogen-bond donors (Lipinski definition) is 2. The lowest BCUT2D eigenvalue weighted by Crippen LogP contribution is -2.24. The van der Waals surface area contributed by atoms with Gasteiger partial charge in [-0.2, -0.15) is 0 Å². The van der Waals surface area contributed by atoms with Crippen LogP contribution in [0.3, 0.4) is 0 Å². The molecule has 0 aliphatic carbocycles. The van der Waals surface area contributed by atoms with Gasteiger partial charge >= 0.3 is 0 Å². The summed E-state index contributed by atoms with van der Waals surface area (Å²) in [5, 5.41) is 4.97. The van der Waals surface area contributed by atoms with Crippen LogP contribution in [0.15, 0.2) is 29.6 Å². The third-order valence-electron chi connectivity index (χ3n) is 3.96. The average molecular weight is 375 g/mol. The number of amides is 2. The van der Waals surface area contributed by atoms with Crippen LogP contribution >= 0.6 is 11.3 Å². The molecule has 2 heterocycles. The maximum absolute atomic E-state index is 12.1. The van der Waals surface area contributed by atoms with Gasteiger partial charge in [-0.1, -0.05) is 6.07 Å². The summed E-state index contributed by atoms with van der Waals surface area (Å²) >= 11 is 1.28. The molecule has 2 aromatic rings. The molecule has 1 aliphatic rings. The molecule has 138 valence electrons. The molecule has 26 heavy (non-hydrogen) atoms. The van der Waals surface area contributed by atoms with Crippen molar-refractivity contribution in [2.75, 3.05) is 32.1 Å². The summed E-state index contributed by atoms with van der Waals surface area (Å²) in [5.74, 6) is 0.834. The van der Waals surface area contributed by atoms with Crippen LogP contribution in [0.2, 0.25) is 0 Å². The van der Waals surface area contributed by atoms with Gasteiger partial charge in [0, 0.05) is 19.5 Å². The van der Waals surface area contributed by atoms with Crippen molar-refractivity contribution in [2.45, 2.75) is 13.0 Å². The smallest absolute Gasteiger partial charge is 0.251 e. The zero-order chi connectivity index (χ0) is 18.5. The highest BCUT2D eigenvalue weighted by Gasteiger charge is 2.14. The fourth-order valence-corrected chi connectivity index (χ4v) is 3.47. The topological polar surface area (TPSA) is 93.9 Å². The Hall–Kier alpha value is -2.58. The lowest BCUT2D eigenvalue weighted by atomic mass is 10.2. The molecule has 0 unspecified atom stereocenters. The number of fused-ring (bicyclic) bond motifs is 1. The maximum Gasteiger partial charge on any atom is 0.251 e. The highest BCUT2D eigenvalue weighted by Crippen LogP contribution is 2.31. The first kappa shape index (κ1) is 18.2. The second-order valence-electron chi connectivity index (χ2n) is 6.04. The van der Waals surface area contributed by atoms with Crippen molar-refractivity contribution in [1.29, 1.82) is 0 Å². The van der Waals surface area contributed by atoms with Crippen LogP contribution in [0.4, 0.5) is 5.00 Å². The number of rotatable bonds is 7. The van der Waals surface area contributed by atoms with Crippen molar-refractivity contribution in [3.8, 4) is 11.5 Å². The number of carbonyl (C=O) groups is 2. The van der Waals surface area contributed by atoms with Crippen LogP contribution < -0.4 is 20.5 Å². The number of carbonyl (C=O) groups excluding carboxylic acids is 2. The summed E-state index contributed by atoms with van der Waals surface area (Å²) in [6, 6.07) is 7.48. The molecule has 1 aromatic heterocycles. The number of thiophene rings is 1. The maximum atomic E-state index is 12.1. The van der Waals surface area contributed by atoms with E-state index in [2.05, 4.69) is 10.2 Å². The second kappa shape index (κ2) is 8.20. The molecule has 0 radical (unpaired) electrons. The number of hydrogen-bond acceptors (Lipinski definition) is 6. The molecular formula is C18H21N3O4S. The number of nitrogens with one attached hydrogen (secondary N) is 1. The molecule has 8 heteroatoms. The van der Waals surface area contributed by atoms with E-state index in [9.17, 15) is 9.59 Å². The van der Waals surface area contributed by atoms with E-state index in [1.807, 2.05) is 25.2 Å². The van der Waals surface area contributed by atoms with Crippen molar-refractivity contribution in [3.63, 3.8) is 0 Å². The molecular weight excluding hydrogens is 354 g/mol. The standard InChI is InChI=1S/C18H21N3O4S/c1-21(11-12-2-3-14-15(10-12)25-8-7-24-14)6-4-16(22)20-18-13(17(19)23)5-9-26-18/h2-3,5,9-10H,4,6-8,11H2,1H3,(H2,19,23)(H,20,22). The molecule has 1 aliphatic heterocycles. The van der Waals surface area contributed by atoms with Crippen LogP contribution in [-0.4, -0.2) is 43.5 Å². The van der Waals surface area contributed by atoms with E-state index in [0.717, 1.165) is 17.1 Å². The van der Waals surface area contributed by atoms with Crippen molar-refractivity contribution in [2.24, 2.45) is 5.73 Å². The van der Waals surface area contributed by atoms with Gasteiger partial charge in [0.15, 0.2) is 11.5 Å². The highest BCUT2D eigenvalue weighted by atomic mass is 32.1. The molecule has 0 saturated heterocycles. The summed E-state index contributed by atoms with van der Waals surface area (Å²) in [7, 11) is 1.95. The Kier molecular flexibility index (Phi) is 5.75. The second-order valence-corrected chi connectivity index (χ2v) is 6.96. The number of nitrogens with zero attached hydrogens (tertiary/aromatic N) is 1. The monoisotopic (exact) mass is 375 g/mol. The van der Waals surface area contributed by atoms with Gasteiger partial charge in [-0.25, -0.2) is 0 Å². The lowest BCUT2D eigenvalue weighted by molar-refractivity contribution is -0.116. The first-order valence-corrected chi connectivity index (χ1v) is 9.15. The Morgan fingerprint density at radius 1 is 1.23 bits per heavy atom. The van der Waals surface area contributed by atoms with E-state index in [1.54, 1.807) is 11.4 Å². The fourth-order valence-electron chi connectivity index (χ4n) is 2.66. The molecule has 0 saturated carbocycles. The van der Waals surface area contributed by atoms with Crippen LogP contribution in [-0.2, 0) is 11.3 Å². The molecule has 3 rings (SSSR count). The quantitative estimate of drug-likeness (QED) is 0.773.